The standard InChI is InChI=1S/C15H25NO4/c1-5-19-8-9-20-11-14(16-2)13-10-12(17-3)6-7-15(13)18-4/h6-7,10,14,16H,5,8-9,11H2,1-4H3. The van der Waals surface area contributed by atoms with Crippen molar-refractivity contribution in [2.45, 2.75) is 13.0 Å². The molecule has 114 valence electrons. The highest BCUT2D eigenvalue weighted by Crippen LogP contribution is 2.29. The van der Waals surface area contributed by atoms with E-state index >= 15 is 0 Å². The summed E-state index contributed by atoms with van der Waals surface area (Å²) in [6, 6.07) is 5.79. The summed E-state index contributed by atoms with van der Waals surface area (Å²) in [5.41, 5.74) is 1.02. The lowest BCUT2D eigenvalue weighted by Gasteiger charge is -2.20. The lowest BCUT2D eigenvalue weighted by atomic mass is 10.1. The minimum Gasteiger partial charge on any atom is -0.497 e. The summed E-state index contributed by atoms with van der Waals surface area (Å²) in [6.45, 7) is 4.42. The van der Waals surface area contributed by atoms with Crippen molar-refractivity contribution in [3.8, 4) is 11.5 Å². The van der Waals surface area contributed by atoms with Crippen LogP contribution in [0.3, 0.4) is 0 Å². The van der Waals surface area contributed by atoms with Crippen LogP contribution in [0, 0.1) is 0 Å². The van der Waals surface area contributed by atoms with Gasteiger partial charge < -0.3 is 24.3 Å². The van der Waals surface area contributed by atoms with E-state index in [-0.39, 0.29) is 6.04 Å². The molecule has 0 bridgehead atoms. The van der Waals surface area contributed by atoms with E-state index in [1.165, 1.54) is 0 Å². The smallest absolute Gasteiger partial charge is 0.123 e. The Labute approximate surface area is 121 Å². The summed E-state index contributed by atoms with van der Waals surface area (Å²) in [7, 11) is 5.21. The van der Waals surface area contributed by atoms with Gasteiger partial charge in [-0.3, -0.25) is 0 Å². The van der Waals surface area contributed by atoms with Gasteiger partial charge in [-0.1, -0.05) is 0 Å². The quantitative estimate of drug-likeness (QED) is 0.666. The highest BCUT2D eigenvalue weighted by atomic mass is 16.5. The fourth-order valence-electron chi connectivity index (χ4n) is 1.90. The van der Waals surface area contributed by atoms with Gasteiger partial charge in [0.1, 0.15) is 11.5 Å². The monoisotopic (exact) mass is 283 g/mol. The number of hydrogen-bond donors (Lipinski definition) is 1. The highest BCUT2D eigenvalue weighted by molar-refractivity contribution is 5.42. The van der Waals surface area contributed by atoms with Crippen LogP contribution in [0.2, 0.25) is 0 Å². The number of methoxy groups -OCH3 is 2. The fraction of sp³-hybridized carbons (Fsp3) is 0.600. The van der Waals surface area contributed by atoms with E-state index in [0.717, 1.165) is 17.1 Å². The Morgan fingerprint density at radius 1 is 1.10 bits per heavy atom. The maximum absolute atomic E-state index is 5.63. The molecule has 0 saturated heterocycles. The van der Waals surface area contributed by atoms with E-state index in [9.17, 15) is 0 Å². The predicted molar refractivity (Wildman–Crippen MR) is 78.7 cm³/mol. The second kappa shape index (κ2) is 9.58. The zero-order valence-electron chi connectivity index (χ0n) is 12.8. The number of hydrogen-bond acceptors (Lipinski definition) is 5. The summed E-state index contributed by atoms with van der Waals surface area (Å²) in [5, 5.41) is 3.23. The Hall–Kier alpha value is -1.30. The van der Waals surface area contributed by atoms with Crippen LogP contribution in [0.1, 0.15) is 18.5 Å². The first-order chi connectivity index (χ1) is 9.76. The lowest BCUT2D eigenvalue weighted by molar-refractivity contribution is 0.0439. The van der Waals surface area contributed by atoms with Crippen LogP contribution in [-0.4, -0.2) is 47.7 Å². The topological polar surface area (TPSA) is 49.0 Å². The Morgan fingerprint density at radius 2 is 1.85 bits per heavy atom. The summed E-state index contributed by atoms with van der Waals surface area (Å²) in [6.07, 6.45) is 0. The van der Waals surface area contributed by atoms with Crippen molar-refractivity contribution in [2.24, 2.45) is 0 Å². The first kappa shape index (κ1) is 16.8. The minimum atomic E-state index is 0.0432. The molecule has 1 N–H and O–H groups in total. The average Bonchev–Trinajstić information content (AvgIpc) is 2.50. The second-order valence-electron chi connectivity index (χ2n) is 4.22. The molecule has 0 aliphatic heterocycles. The van der Waals surface area contributed by atoms with Crippen LogP contribution in [0.15, 0.2) is 18.2 Å². The van der Waals surface area contributed by atoms with E-state index in [4.69, 9.17) is 18.9 Å². The highest BCUT2D eigenvalue weighted by Gasteiger charge is 2.15. The fourth-order valence-corrected chi connectivity index (χ4v) is 1.90. The molecular weight excluding hydrogens is 258 g/mol. The molecule has 1 atom stereocenters. The molecule has 0 heterocycles. The van der Waals surface area contributed by atoms with E-state index in [1.54, 1.807) is 14.2 Å². The van der Waals surface area contributed by atoms with Crippen LogP contribution in [0.25, 0.3) is 0 Å². The number of likely N-dealkylation sites (N-methyl/N-ethyl adjacent to an activating group) is 1. The Bertz CT molecular complexity index is 384. The molecule has 5 nitrogen and oxygen atoms in total. The minimum absolute atomic E-state index is 0.0432. The van der Waals surface area contributed by atoms with Gasteiger partial charge >= 0.3 is 0 Å². The van der Waals surface area contributed by atoms with Crippen molar-refractivity contribution in [1.82, 2.24) is 5.32 Å². The molecule has 0 fully saturated rings. The third-order valence-corrected chi connectivity index (χ3v) is 3.02. The molecule has 1 aromatic carbocycles. The molecule has 0 radical (unpaired) electrons. The van der Waals surface area contributed by atoms with Crippen molar-refractivity contribution >= 4 is 0 Å². The molecule has 20 heavy (non-hydrogen) atoms. The average molecular weight is 283 g/mol. The second-order valence-corrected chi connectivity index (χ2v) is 4.22. The molecule has 1 rings (SSSR count). The lowest BCUT2D eigenvalue weighted by Crippen LogP contribution is -2.23. The molecule has 0 amide bonds. The van der Waals surface area contributed by atoms with Crippen LogP contribution >= 0.6 is 0 Å². The predicted octanol–water partition coefficient (Wildman–Crippen LogP) is 2.02. The molecule has 0 saturated carbocycles. The molecule has 0 aromatic heterocycles. The van der Waals surface area contributed by atoms with Crippen molar-refractivity contribution < 1.29 is 18.9 Å². The van der Waals surface area contributed by atoms with Crippen molar-refractivity contribution in [3.63, 3.8) is 0 Å². The van der Waals surface area contributed by atoms with Gasteiger partial charge in [0, 0.05) is 12.2 Å². The van der Waals surface area contributed by atoms with Gasteiger partial charge in [0.25, 0.3) is 0 Å². The van der Waals surface area contributed by atoms with Gasteiger partial charge in [-0.25, -0.2) is 0 Å². The Morgan fingerprint density at radius 3 is 2.45 bits per heavy atom. The summed E-state index contributed by atoms with van der Waals surface area (Å²) >= 11 is 0. The zero-order valence-corrected chi connectivity index (χ0v) is 12.8. The SMILES string of the molecule is CCOCCOCC(NC)c1cc(OC)ccc1OC. The van der Waals surface area contributed by atoms with Gasteiger partial charge in [0.15, 0.2) is 0 Å². The van der Waals surface area contributed by atoms with Crippen molar-refractivity contribution in [3.05, 3.63) is 23.8 Å². The van der Waals surface area contributed by atoms with Crippen LogP contribution in [0.5, 0.6) is 11.5 Å². The Kier molecular flexibility index (Phi) is 8.02. The third kappa shape index (κ3) is 5.00. The largest absolute Gasteiger partial charge is 0.497 e. The first-order valence-corrected chi connectivity index (χ1v) is 6.81. The molecular formula is C15H25NO4. The number of nitrogens with one attached hydrogen (secondary N) is 1. The first-order valence-electron chi connectivity index (χ1n) is 6.81. The number of rotatable bonds is 10. The van der Waals surface area contributed by atoms with E-state index < -0.39 is 0 Å². The van der Waals surface area contributed by atoms with E-state index in [2.05, 4.69) is 5.32 Å². The van der Waals surface area contributed by atoms with Crippen LogP contribution in [0.4, 0.5) is 0 Å². The van der Waals surface area contributed by atoms with Crippen LogP contribution in [-0.2, 0) is 9.47 Å². The normalized spacial score (nSPS) is 12.2. The molecule has 0 spiro atoms. The van der Waals surface area contributed by atoms with Crippen molar-refractivity contribution in [1.29, 1.82) is 0 Å². The van der Waals surface area contributed by atoms with Gasteiger partial charge in [-0.2, -0.15) is 0 Å². The molecule has 1 aromatic rings. The zero-order chi connectivity index (χ0) is 14.8. The summed E-state index contributed by atoms with van der Waals surface area (Å²) in [5.74, 6) is 1.62. The molecule has 5 heteroatoms. The van der Waals surface area contributed by atoms with Gasteiger partial charge in [0.05, 0.1) is 40.1 Å². The van der Waals surface area contributed by atoms with E-state index in [0.29, 0.717) is 26.4 Å². The van der Waals surface area contributed by atoms with Gasteiger partial charge in [-0.15, -0.1) is 0 Å². The molecule has 1 unspecified atom stereocenters. The number of ether oxygens (including phenoxy) is 4. The third-order valence-electron chi connectivity index (χ3n) is 3.02. The summed E-state index contributed by atoms with van der Waals surface area (Å²) < 4.78 is 21.5. The van der Waals surface area contributed by atoms with Gasteiger partial charge in [-0.05, 0) is 32.2 Å². The molecule has 0 aliphatic rings. The number of benzene rings is 1. The Balaban J connectivity index is 2.67. The maximum atomic E-state index is 5.63. The van der Waals surface area contributed by atoms with Crippen LogP contribution < -0.4 is 14.8 Å². The van der Waals surface area contributed by atoms with E-state index in [1.807, 2.05) is 32.2 Å². The molecule has 0 aliphatic carbocycles. The summed E-state index contributed by atoms with van der Waals surface area (Å²) in [4.78, 5) is 0. The maximum Gasteiger partial charge on any atom is 0.123 e. The van der Waals surface area contributed by atoms with Crippen molar-refractivity contribution in [2.75, 3.05) is 47.7 Å². The van der Waals surface area contributed by atoms with Gasteiger partial charge in [0.2, 0.25) is 0 Å².